The normalized spacial score (nSPS) is 16.4. The van der Waals surface area contributed by atoms with E-state index in [1.165, 1.54) is 24.6 Å². The highest BCUT2D eigenvalue weighted by Crippen LogP contribution is 2.28. The second-order valence-electron chi connectivity index (χ2n) is 4.80. The summed E-state index contributed by atoms with van der Waals surface area (Å²) >= 11 is 1.52. The van der Waals surface area contributed by atoms with Crippen LogP contribution in [0.3, 0.4) is 0 Å². The van der Waals surface area contributed by atoms with Gasteiger partial charge in [0, 0.05) is 5.92 Å². The number of carbonyl (C=O) groups is 1. The number of hydrogen-bond acceptors (Lipinski definition) is 3. The van der Waals surface area contributed by atoms with Crippen molar-refractivity contribution in [3.63, 3.8) is 0 Å². The number of thioether (sulfide) groups is 1. The van der Waals surface area contributed by atoms with Gasteiger partial charge in [0.1, 0.15) is 5.78 Å². The van der Waals surface area contributed by atoms with Crippen LogP contribution in [0.25, 0.3) is 11.0 Å². The number of para-hydroxylation sites is 2. The summed E-state index contributed by atoms with van der Waals surface area (Å²) in [6.45, 7) is 0. The molecule has 1 aromatic heterocycles. The summed E-state index contributed by atoms with van der Waals surface area (Å²) in [4.78, 5) is 19.7. The van der Waals surface area contributed by atoms with E-state index in [9.17, 15) is 4.79 Å². The van der Waals surface area contributed by atoms with Crippen LogP contribution in [-0.2, 0) is 4.79 Å². The number of carbonyl (C=O) groups excluding carboxylic acids is 1. The van der Waals surface area contributed by atoms with Crippen LogP contribution < -0.4 is 0 Å². The van der Waals surface area contributed by atoms with Gasteiger partial charge in [-0.05, 0) is 25.0 Å². The Labute approximate surface area is 110 Å². The van der Waals surface area contributed by atoms with E-state index < -0.39 is 0 Å². The Morgan fingerprint density at radius 3 is 2.89 bits per heavy atom. The van der Waals surface area contributed by atoms with E-state index in [0.29, 0.717) is 17.5 Å². The van der Waals surface area contributed by atoms with Crippen molar-refractivity contribution in [1.29, 1.82) is 0 Å². The molecule has 3 rings (SSSR count). The van der Waals surface area contributed by atoms with Gasteiger partial charge in [0.05, 0.1) is 16.8 Å². The van der Waals surface area contributed by atoms with Gasteiger partial charge in [-0.2, -0.15) is 0 Å². The standard InChI is InChI=1S/C14H16N2OS/c17-13(10-5-1-2-6-10)9-18-14-15-11-7-3-4-8-12(11)16-14/h3-4,7-8,10H,1-2,5-6,9H2,(H,15,16). The second-order valence-corrected chi connectivity index (χ2v) is 5.76. The zero-order valence-corrected chi connectivity index (χ0v) is 11.0. The molecule has 1 aliphatic rings. The molecule has 1 aliphatic carbocycles. The Morgan fingerprint density at radius 2 is 2.11 bits per heavy atom. The number of fused-ring (bicyclic) bond motifs is 1. The molecule has 18 heavy (non-hydrogen) atoms. The molecule has 0 aliphatic heterocycles. The Morgan fingerprint density at radius 1 is 1.33 bits per heavy atom. The number of benzene rings is 1. The van der Waals surface area contributed by atoms with Gasteiger partial charge in [0.25, 0.3) is 0 Å². The number of ketones is 1. The predicted octanol–water partition coefficient (Wildman–Crippen LogP) is 3.41. The van der Waals surface area contributed by atoms with Crippen molar-refractivity contribution in [2.75, 3.05) is 5.75 Å². The molecule has 1 saturated carbocycles. The van der Waals surface area contributed by atoms with Gasteiger partial charge < -0.3 is 4.98 Å². The number of imidazole rings is 1. The number of aromatic nitrogens is 2. The molecule has 1 fully saturated rings. The summed E-state index contributed by atoms with van der Waals surface area (Å²) in [5.41, 5.74) is 2.00. The zero-order chi connectivity index (χ0) is 12.4. The van der Waals surface area contributed by atoms with Crippen LogP contribution in [0.1, 0.15) is 25.7 Å². The van der Waals surface area contributed by atoms with Crippen molar-refractivity contribution < 1.29 is 4.79 Å². The molecule has 0 radical (unpaired) electrons. The number of aromatic amines is 1. The average Bonchev–Trinajstić information content (AvgIpc) is 3.04. The monoisotopic (exact) mass is 260 g/mol. The number of H-pyrrole nitrogens is 1. The minimum absolute atomic E-state index is 0.307. The average molecular weight is 260 g/mol. The number of hydrogen-bond donors (Lipinski definition) is 1. The first-order valence-corrected chi connectivity index (χ1v) is 7.42. The summed E-state index contributed by atoms with van der Waals surface area (Å²) in [6, 6.07) is 7.94. The smallest absolute Gasteiger partial charge is 0.166 e. The molecular formula is C14H16N2OS. The second kappa shape index (κ2) is 5.14. The molecule has 0 spiro atoms. The van der Waals surface area contributed by atoms with Crippen LogP contribution in [0.15, 0.2) is 29.4 Å². The van der Waals surface area contributed by atoms with Crippen LogP contribution >= 0.6 is 11.8 Å². The van der Waals surface area contributed by atoms with Crippen molar-refractivity contribution in [3.8, 4) is 0 Å². The summed E-state index contributed by atoms with van der Waals surface area (Å²) in [5, 5.41) is 0.850. The predicted molar refractivity (Wildman–Crippen MR) is 73.8 cm³/mol. The molecule has 1 heterocycles. The van der Waals surface area contributed by atoms with Crippen molar-refractivity contribution in [1.82, 2.24) is 9.97 Å². The quantitative estimate of drug-likeness (QED) is 0.857. The van der Waals surface area contributed by atoms with Gasteiger partial charge in [-0.1, -0.05) is 36.7 Å². The largest absolute Gasteiger partial charge is 0.333 e. The molecule has 0 saturated heterocycles. The highest BCUT2D eigenvalue weighted by atomic mass is 32.2. The zero-order valence-electron chi connectivity index (χ0n) is 10.2. The van der Waals surface area contributed by atoms with Gasteiger partial charge in [-0.25, -0.2) is 4.98 Å². The van der Waals surface area contributed by atoms with E-state index in [4.69, 9.17) is 0 Å². The maximum absolute atomic E-state index is 12.0. The van der Waals surface area contributed by atoms with Crippen molar-refractivity contribution in [3.05, 3.63) is 24.3 Å². The van der Waals surface area contributed by atoms with Gasteiger partial charge in [0.2, 0.25) is 0 Å². The number of nitrogens with zero attached hydrogens (tertiary/aromatic N) is 1. The van der Waals surface area contributed by atoms with E-state index in [1.807, 2.05) is 24.3 Å². The fourth-order valence-electron chi connectivity index (χ4n) is 2.50. The third-order valence-electron chi connectivity index (χ3n) is 3.53. The van der Waals surface area contributed by atoms with E-state index >= 15 is 0 Å². The summed E-state index contributed by atoms with van der Waals surface area (Å²) in [7, 11) is 0. The van der Waals surface area contributed by atoms with Crippen LogP contribution in [0.4, 0.5) is 0 Å². The topological polar surface area (TPSA) is 45.8 Å². The molecule has 0 atom stereocenters. The number of rotatable bonds is 4. The summed E-state index contributed by atoms with van der Waals surface area (Å²) < 4.78 is 0. The Hall–Kier alpha value is -1.29. The van der Waals surface area contributed by atoms with Gasteiger partial charge >= 0.3 is 0 Å². The molecule has 0 unspecified atom stereocenters. The third kappa shape index (κ3) is 2.43. The molecule has 1 N–H and O–H groups in total. The molecule has 4 heteroatoms. The van der Waals surface area contributed by atoms with E-state index in [1.54, 1.807) is 0 Å². The fourth-order valence-corrected chi connectivity index (χ4v) is 3.36. The Kier molecular flexibility index (Phi) is 3.37. The first-order chi connectivity index (χ1) is 8.83. The lowest BCUT2D eigenvalue weighted by Crippen LogP contribution is -2.13. The minimum Gasteiger partial charge on any atom is -0.333 e. The highest BCUT2D eigenvalue weighted by Gasteiger charge is 2.22. The number of Topliss-reactive ketones (excluding diaryl/α,β-unsaturated/α-hetero) is 1. The molecule has 2 aromatic rings. The molecule has 1 aromatic carbocycles. The van der Waals surface area contributed by atoms with Gasteiger partial charge in [-0.3, -0.25) is 4.79 Å². The van der Waals surface area contributed by atoms with Crippen LogP contribution in [0.5, 0.6) is 0 Å². The van der Waals surface area contributed by atoms with Crippen LogP contribution in [0.2, 0.25) is 0 Å². The molecule has 3 nitrogen and oxygen atoms in total. The van der Waals surface area contributed by atoms with Gasteiger partial charge in [0.15, 0.2) is 5.16 Å². The highest BCUT2D eigenvalue weighted by molar-refractivity contribution is 7.99. The molecular weight excluding hydrogens is 244 g/mol. The minimum atomic E-state index is 0.307. The third-order valence-corrected chi connectivity index (χ3v) is 4.42. The van der Waals surface area contributed by atoms with Crippen LogP contribution in [-0.4, -0.2) is 21.5 Å². The number of nitrogens with one attached hydrogen (secondary N) is 1. The maximum Gasteiger partial charge on any atom is 0.166 e. The summed E-state index contributed by atoms with van der Waals surface area (Å²) in [6.07, 6.45) is 4.59. The van der Waals surface area contributed by atoms with E-state index in [0.717, 1.165) is 29.0 Å². The lowest BCUT2D eigenvalue weighted by Gasteiger charge is -2.05. The first-order valence-electron chi connectivity index (χ1n) is 6.43. The fraction of sp³-hybridized carbons (Fsp3) is 0.429. The Bertz CT molecular complexity index is 525. The SMILES string of the molecule is O=C(CSc1nc2ccccc2[nH]1)C1CCCC1. The van der Waals surface area contributed by atoms with E-state index in [2.05, 4.69) is 9.97 Å². The summed E-state index contributed by atoms with van der Waals surface area (Å²) in [5.74, 6) is 1.24. The molecule has 0 amide bonds. The molecule has 94 valence electrons. The van der Waals surface area contributed by atoms with Crippen molar-refractivity contribution >= 4 is 28.6 Å². The first kappa shape index (κ1) is 11.8. The molecule has 0 bridgehead atoms. The lowest BCUT2D eigenvalue weighted by atomic mass is 10.0. The van der Waals surface area contributed by atoms with Crippen LogP contribution in [0, 0.1) is 5.92 Å². The lowest BCUT2D eigenvalue weighted by molar-refractivity contribution is -0.120. The van der Waals surface area contributed by atoms with Gasteiger partial charge in [-0.15, -0.1) is 0 Å². The van der Waals surface area contributed by atoms with E-state index in [-0.39, 0.29) is 0 Å². The maximum atomic E-state index is 12.0. The Balaban J connectivity index is 1.63. The van der Waals surface area contributed by atoms with Crippen molar-refractivity contribution in [2.24, 2.45) is 5.92 Å². The van der Waals surface area contributed by atoms with Crippen molar-refractivity contribution in [2.45, 2.75) is 30.8 Å².